The Balaban J connectivity index is 1.51. The number of nitrogens with zero attached hydrogens (tertiary/aromatic N) is 2. The highest BCUT2D eigenvalue weighted by Crippen LogP contribution is 2.45. The van der Waals surface area contributed by atoms with Crippen LogP contribution >= 0.6 is 11.6 Å². The van der Waals surface area contributed by atoms with Crippen molar-refractivity contribution in [2.24, 2.45) is 11.3 Å². The van der Waals surface area contributed by atoms with Gasteiger partial charge in [-0.25, -0.2) is 4.79 Å². The predicted octanol–water partition coefficient (Wildman–Crippen LogP) is 4.09. The molecule has 2 fully saturated rings. The summed E-state index contributed by atoms with van der Waals surface area (Å²) in [4.78, 5) is 40.9. The average molecular weight is 464 g/mol. The van der Waals surface area contributed by atoms with Crippen LogP contribution in [0.15, 0.2) is 24.3 Å². The lowest BCUT2D eigenvalue weighted by molar-refractivity contribution is -0.139. The van der Waals surface area contributed by atoms with E-state index in [0.717, 1.165) is 24.2 Å². The normalized spacial score (nSPS) is 23.4. The van der Waals surface area contributed by atoms with Crippen molar-refractivity contribution in [3.63, 3.8) is 0 Å². The number of nitrogens with one attached hydrogen (secondary N) is 1. The summed E-state index contributed by atoms with van der Waals surface area (Å²) in [5.74, 6) is 0.624. The topological polar surface area (TPSA) is 79.0 Å². The van der Waals surface area contributed by atoms with Gasteiger partial charge in [0.15, 0.2) is 0 Å². The Hall–Kier alpha value is -2.28. The molecule has 1 spiro atoms. The van der Waals surface area contributed by atoms with Crippen molar-refractivity contribution in [2.45, 2.75) is 58.4 Å². The number of urea groups is 1. The molecule has 1 aromatic carbocycles. The number of hydrogen-bond donors (Lipinski definition) is 1. The Morgan fingerprint density at radius 2 is 1.88 bits per heavy atom. The van der Waals surface area contributed by atoms with Gasteiger partial charge in [-0.3, -0.25) is 14.5 Å². The quantitative estimate of drug-likeness (QED) is 0.589. The lowest BCUT2D eigenvalue weighted by Crippen LogP contribution is -2.51. The van der Waals surface area contributed by atoms with Gasteiger partial charge in [0, 0.05) is 12.1 Å². The molecule has 0 unspecified atom stereocenters. The molecule has 1 aliphatic carbocycles. The molecule has 1 heterocycles. The first-order chi connectivity index (χ1) is 15.1. The van der Waals surface area contributed by atoms with E-state index < -0.39 is 11.6 Å². The minimum Gasteiger partial charge on any atom is -0.492 e. The van der Waals surface area contributed by atoms with Crippen LogP contribution in [0.5, 0.6) is 5.75 Å². The molecule has 0 aromatic heterocycles. The van der Waals surface area contributed by atoms with Gasteiger partial charge in [0.2, 0.25) is 5.91 Å². The molecule has 1 N–H and O–H groups in total. The summed E-state index contributed by atoms with van der Waals surface area (Å²) >= 11 is 5.86. The van der Waals surface area contributed by atoms with Crippen LogP contribution in [0.1, 0.15) is 52.9 Å². The third-order valence-electron chi connectivity index (χ3n) is 7.33. The van der Waals surface area contributed by atoms with Crippen LogP contribution in [0.2, 0.25) is 5.02 Å². The second-order valence-corrected chi connectivity index (χ2v) is 10.1. The highest BCUT2D eigenvalue weighted by atomic mass is 35.5. The van der Waals surface area contributed by atoms with E-state index in [9.17, 15) is 14.4 Å². The SMILES string of the molecule is CCC(C)(C)C1CCC2(CC1)NC(=O)N(CC(=O)N(C)CCOc1ccc(Cl)cc1)C2=O. The van der Waals surface area contributed by atoms with Gasteiger partial charge in [0.1, 0.15) is 24.4 Å². The second kappa shape index (κ2) is 9.69. The summed E-state index contributed by atoms with van der Waals surface area (Å²) in [6.07, 6.45) is 4.13. The maximum absolute atomic E-state index is 13.1. The van der Waals surface area contributed by atoms with Crippen molar-refractivity contribution in [2.75, 3.05) is 26.7 Å². The molecule has 1 saturated heterocycles. The molecular formula is C24H34ClN3O4. The third-order valence-corrected chi connectivity index (χ3v) is 7.58. The first kappa shape index (κ1) is 24.4. The number of hydrogen-bond acceptors (Lipinski definition) is 4. The van der Waals surface area contributed by atoms with Crippen LogP contribution < -0.4 is 10.1 Å². The van der Waals surface area contributed by atoms with Gasteiger partial charge < -0.3 is 15.0 Å². The van der Waals surface area contributed by atoms with Gasteiger partial charge in [-0.2, -0.15) is 0 Å². The first-order valence-corrected chi connectivity index (χ1v) is 11.7. The predicted molar refractivity (Wildman–Crippen MR) is 124 cm³/mol. The number of rotatable bonds is 8. The number of imide groups is 1. The summed E-state index contributed by atoms with van der Waals surface area (Å²) in [7, 11) is 1.64. The van der Waals surface area contributed by atoms with E-state index in [1.54, 1.807) is 31.3 Å². The number of benzene rings is 1. The zero-order valence-electron chi connectivity index (χ0n) is 19.4. The van der Waals surface area contributed by atoms with Crippen molar-refractivity contribution in [3.05, 3.63) is 29.3 Å². The smallest absolute Gasteiger partial charge is 0.325 e. The van der Waals surface area contributed by atoms with E-state index >= 15 is 0 Å². The highest BCUT2D eigenvalue weighted by molar-refractivity contribution is 6.30. The number of ether oxygens (including phenoxy) is 1. The molecule has 1 saturated carbocycles. The molecule has 8 heteroatoms. The maximum atomic E-state index is 13.1. The Morgan fingerprint density at radius 1 is 1.25 bits per heavy atom. The molecule has 2 aliphatic rings. The van der Waals surface area contributed by atoms with E-state index in [1.165, 1.54) is 4.90 Å². The van der Waals surface area contributed by atoms with Gasteiger partial charge in [-0.1, -0.05) is 38.8 Å². The van der Waals surface area contributed by atoms with E-state index in [-0.39, 0.29) is 23.8 Å². The Bertz CT molecular complexity index is 847. The highest BCUT2D eigenvalue weighted by Gasteiger charge is 2.53. The van der Waals surface area contributed by atoms with Gasteiger partial charge in [0.25, 0.3) is 5.91 Å². The van der Waals surface area contributed by atoms with Crippen molar-refractivity contribution in [3.8, 4) is 5.75 Å². The first-order valence-electron chi connectivity index (χ1n) is 11.3. The van der Waals surface area contributed by atoms with Gasteiger partial charge in [-0.05, 0) is 61.3 Å². The van der Waals surface area contributed by atoms with Crippen LogP contribution in [0.25, 0.3) is 0 Å². The lowest BCUT2D eigenvalue weighted by Gasteiger charge is -2.42. The van der Waals surface area contributed by atoms with Crippen LogP contribution in [-0.4, -0.2) is 59.9 Å². The molecule has 1 aliphatic heterocycles. The minimum atomic E-state index is -0.853. The summed E-state index contributed by atoms with van der Waals surface area (Å²) < 4.78 is 5.62. The van der Waals surface area contributed by atoms with Crippen LogP contribution in [-0.2, 0) is 9.59 Å². The molecule has 0 atom stereocenters. The average Bonchev–Trinajstić information content (AvgIpc) is 2.99. The molecule has 0 bridgehead atoms. The molecular weight excluding hydrogens is 430 g/mol. The van der Waals surface area contributed by atoms with E-state index in [2.05, 4.69) is 26.1 Å². The fraction of sp³-hybridized carbons (Fsp3) is 0.625. The standard InChI is InChI=1S/C24H34ClN3O4/c1-5-23(2,3)17-10-12-24(13-11-17)21(30)28(22(31)26-24)16-20(29)27(4)14-15-32-19-8-6-18(25)7-9-19/h6-9,17H,5,10-16H2,1-4H3,(H,26,31). The molecule has 0 radical (unpaired) electrons. The zero-order valence-corrected chi connectivity index (χ0v) is 20.2. The molecule has 7 nitrogen and oxygen atoms in total. The van der Waals surface area contributed by atoms with Crippen molar-refractivity contribution in [1.82, 2.24) is 15.1 Å². The maximum Gasteiger partial charge on any atom is 0.325 e. The molecule has 4 amide bonds. The monoisotopic (exact) mass is 463 g/mol. The second-order valence-electron chi connectivity index (χ2n) is 9.64. The van der Waals surface area contributed by atoms with Crippen molar-refractivity contribution < 1.29 is 19.1 Å². The Morgan fingerprint density at radius 3 is 2.47 bits per heavy atom. The van der Waals surface area contributed by atoms with Gasteiger partial charge >= 0.3 is 6.03 Å². The van der Waals surface area contributed by atoms with E-state index in [4.69, 9.17) is 16.3 Å². The third kappa shape index (κ3) is 5.20. The summed E-state index contributed by atoms with van der Waals surface area (Å²) in [6.45, 7) is 7.10. The fourth-order valence-electron chi connectivity index (χ4n) is 4.55. The van der Waals surface area contributed by atoms with E-state index in [0.29, 0.717) is 42.7 Å². The number of halogens is 1. The molecule has 1 aromatic rings. The molecule has 176 valence electrons. The number of carbonyl (C=O) groups is 3. The van der Waals surface area contributed by atoms with Crippen LogP contribution in [0, 0.1) is 11.3 Å². The van der Waals surface area contributed by atoms with Crippen LogP contribution in [0.3, 0.4) is 0 Å². The minimum absolute atomic E-state index is 0.222. The Kier molecular flexibility index (Phi) is 7.38. The Labute approximate surface area is 195 Å². The summed E-state index contributed by atoms with van der Waals surface area (Å²) in [5, 5.41) is 3.53. The largest absolute Gasteiger partial charge is 0.492 e. The number of amides is 4. The summed E-state index contributed by atoms with van der Waals surface area (Å²) in [6, 6.07) is 6.51. The van der Waals surface area contributed by atoms with Gasteiger partial charge in [0.05, 0.1) is 6.54 Å². The zero-order chi connectivity index (χ0) is 23.5. The van der Waals surface area contributed by atoms with Gasteiger partial charge in [-0.15, -0.1) is 0 Å². The fourth-order valence-corrected chi connectivity index (χ4v) is 4.68. The van der Waals surface area contributed by atoms with Crippen molar-refractivity contribution >= 4 is 29.4 Å². The number of likely N-dealkylation sites (N-methyl/N-ethyl adjacent to an activating group) is 1. The summed E-state index contributed by atoms with van der Waals surface area (Å²) in [5.41, 5.74) is -0.631. The number of carbonyl (C=O) groups excluding carboxylic acids is 3. The van der Waals surface area contributed by atoms with E-state index in [1.807, 2.05) is 0 Å². The lowest BCUT2D eigenvalue weighted by atomic mass is 9.65. The molecule has 3 rings (SSSR count). The molecule has 32 heavy (non-hydrogen) atoms. The van der Waals surface area contributed by atoms with Crippen molar-refractivity contribution in [1.29, 1.82) is 0 Å². The van der Waals surface area contributed by atoms with Crippen LogP contribution in [0.4, 0.5) is 4.79 Å².